The van der Waals surface area contributed by atoms with Gasteiger partial charge in [-0.1, -0.05) is 19.3 Å². The van der Waals surface area contributed by atoms with Crippen molar-refractivity contribution in [1.82, 2.24) is 0 Å². The van der Waals surface area contributed by atoms with E-state index < -0.39 is 45.4 Å². The van der Waals surface area contributed by atoms with Crippen molar-refractivity contribution < 1.29 is 54.7 Å². The first-order valence-corrected chi connectivity index (χ1v) is 10.9. The van der Waals surface area contributed by atoms with Crippen LogP contribution in [0.2, 0.25) is 0 Å². The lowest BCUT2D eigenvalue weighted by Crippen LogP contribution is -2.55. The van der Waals surface area contributed by atoms with Crippen molar-refractivity contribution in [2.45, 2.75) is 68.1 Å². The van der Waals surface area contributed by atoms with Gasteiger partial charge < -0.3 is 14.6 Å². The first-order chi connectivity index (χ1) is 13.7. The second-order valence-electron chi connectivity index (χ2n) is 8.00. The summed E-state index contributed by atoms with van der Waals surface area (Å²) in [6, 6.07) is 0. The molecule has 3 unspecified atom stereocenters. The highest BCUT2D eigenvalue weighted by Gasteiger charge is 2.72. The zero-order chi connectivity index (χ0) is 22.8. The molecule has 0 spiro atoms. The molecule has 0 amide bonds. The fourth-order valence-corrected chi connectivity index (χ4v) is 4.91. The summed E-state index contributed by atoms with van der Waals surface area (Å²) < 4.78 is 89.6. The number of carbonyl (C=O) groups is 2. The predicted octanol–water partition coefficient (Wildman–Crippen LogP) is 2.30. The molecule has 0 radical (unpaired) electrons. The average Bonchev–Trinajstić information content (AvgIpc) is 2.60. The molecule has 2 rings (SSSR count). The van der Waals surface area contributed by atoms with E-state index in [-0.39, 0.29) is 13.0 Å². The van der Waals surface area contributed by atoms with Gasteiger partial charge >= 0.3 is 33.2 Å². The smallest absolute Gasteiger partial charge is 0.451 e. The van der Waals surface area contributed by atoms with E-state index in [4.69, 9.17) is 4.55 Å². The van der Waals surface area contributed by atoms with Gasteiger partial charge in [-0.25, -0.2) is 14.0 Å². The molecule has 2 N–H and O–H groups in total. The van der Waals surface area contributed by atoms with Gasteiger partial charge in [0.05, 0.1) is 12.2 Å². The molecule has 8 nitrogen and oxygen atoms in total. The minimum Gasteiger partial charge on any atom is -0.463 e. The van der Waals surface area contributed by atoms with Crippen LogP contribution in [0, 0.1) is 11.8 Å². The van der Waals surface area contributed by atoms with Crippen LogP contribution in [-0.2, 0) is 29.2 Å². The van der Waals surface area contributed by atoms with Crippen molar-refractivity contribution in [3.05, 3.63) is 0 Å². The number of rotatable bonds is 8. The van der Waals surface area contributed by atoms with Crippen LogP contribution < -0.4 is 0 Å². The number of alkyl halides is 4. The van der Waals surface area contributed by atoms with Gasteiger partial charge in [-0.2, -0.15) is 21.6 Å². The molecule has 174 valence electrons. The largest absolute Gasteiger partial charge is 0.463 e. The fourth-order valence-electron chi connectivity index (χ4n) is 4.35. The first-order valence-electron chi connectivity index (χ1n) is 9.46. The average molecular weight is 464 g/mol. The summed E-state index contributed by atoms with van der Waals surface area (Å²) in [6.07, 6.45) is -0.0497. The Balaban J connectivity index is 1.76. The third-order valence-electron chi connectivity index (χ3n) is 5.58. The van der Waals surface area contributed by atoms with Crippen molar-refractivity contribution in [2.24, 2.45) is 11.8 Å². The van der Waals surface area contributed by atoms with E-state index in [9.17, 15) is 40.7 Å². The van der Waals surface area contributed by atoms with Gasteiger partial charge in [0.2, 0.25) is 0 Å². The van der Waals surface area contributed by atoms with Crippen LogP contribution in [0.5, 0.6) is 0 Å². The zero-order valence-corrected chi connectivity index (χ0v) is 16.8. The number of halogens is 4. The molecule has 13 heteroatoms. The lowest BCUT2D eigenvalue weighted by Gasteiger charge is -2.44. The molecule has 30 heavy (non-hydrogen) atoms. The van der Waals surface area contributed by atoms with E-state index in [1.54, 1.807) is 0 Å². The summed E-state index contributed by atoms with van der Waals surface area (Å²) in [5, 5.41) is 5.00. The number of hydrogen-bond donors (Lipinski definition) is 2. The van der Waals surface area contributed by atoms with Crippen molar-refractivity contribution in [3.63, 3.8) is 0 Å². The topological polar surface area (TPSA) is 127 Å². The molecule has 2 bridgehead atoms. The Morgan fingerprint density at radius 3 is 2.13 bits per heavy atom. The van der Waals surface area contributed by atoms with E-state index in [0.717, 1.165) is 25.7 Å². The minimum atomic E-state index is -6.56. The number of esters is 2. The second kappa shape index (κ2) is 8.95. The molecule has 2 fully saturated rings. The van der Waals surface area contributed by atoms with Crippen molar-refractivity contribution in [3.8, 4) is 0 Å². The van der Waals surface area contributed by atoms with Crippen molar-refractivity contribution >= 4 is 22.1 Å². The number of aliphatic hydroxyl groups is 1. The van der Waals surface area contributed by atoms with Crippen LogP contribution in [0.3, 0.4) is 0 Å². The molecule has 0 heterocycles. The maximum Gasteiger partial charge on any atom is 0.451 e. The summed E-state index contributed by atoms with van der Waals surface area (Å²) in [6.45, 7) is -1.71. The van der Waals surface area contributed by atoms with Crippen LogP contribution in [0.1, 0.15) is 51.4 Å². The Hall–Kier alpha value is -1.47. The Morgan fingerprint density at radius 1 is 1.07 bits per heavy atom. The third kappa shape index (κ3) is 5.61. The maximum absolute atomic E-state index is 13.7. The van der Waals surface area contributed by atoms with Gasteiger partial charge in [0.15, 0.2) is 6.61 Å². The van der Waals surface area contributed by atoms with Crippen molar-refractivity contribution in [2.75, 3.05) is 13.2 Å². The Labute approximate surface area is 170 Å². The normalized spacial score (nSPS) is 29.0. The number of hydrogen-bond acceptors (Lipinski definition) is 7. The monoisotopic (exact) mass is 464 g/mol. The standard InChI is InChI=1S/C17H24F4O8S/c18-16(17(19,20)21,30(25,26)27)14(23)29-10-13(22)28-6-2-5-15(24)8-11-3-1-4-12(7-11)9-15/h11-12,24H,1-10H2,(H,25,26,27). The van der Waals surface area contributed by atoms with Crippen LogP contribution in [0.4, 0.5) is 17.6 Å². The predicted molar refractivity (Wildman–Crippen MR) is 92.2 cm³/mol. The van der Waals surface area contributed by atoms with Crippen LogP contribution in [-0.4, -0.2) is 60.0 Å². The van der Waals surface area contributed by atoms with Gasteiger partial charge in [0, 0.05) is 0 Å². The fraction of sp³-hybridized carbons (Fsp3) is 0.882. The van der Waals surface area contributed by atoms with Gasteiger partial charge in [0.25, 0.3) is 0 Å². The molecule has 0 aromatic rings. The van der Waals surface area contributed by atoms with E-state index in [1.807, 2.05) is 0 Å². The minimum absolute atomic E-state index is 0.230. The lowest BCUT2D eigenvalue weighted by atomic mass is 9.65. The van der Waals surface area contributed by atoms with Gasteiger partial charge in [-0.3, -0.25) is 4.55 Å². The van der Waals surface area contributed by atoms with E-state index >= 15 is 0 Å². The summed E-state index contributed by atoms with van der Waals surface area (Å²) in [5.74, 6) is -3.42. The molecule has 2 aliphatic rings. The Morgan fingerprint density at radius 2 is 1.63 bits per heavy atom. The zero-order valence-electron chi connectivity index (χ0n) is 16.0. The maximum atomic E-state index is 13.7. The van der Waals surface area contributed by atoms with E-state index in [0.29, 0.717) is 31.1 Å². The SMILES string of the molecule is O=C(COC(=O)C(F)(C(F)(F)F)S(=O)(=O)O)OCCCC1(O)CC2CCCC(C2)C1. The highest BCUT2D eigenvalue weighted by atomic mass is 32.2. The second-order valence-corrected chi connectivity index (χ2v) is 9.51. The lowest BCUT2D eigenvalue weighted by molar-refractivity contribution is -0.216. The molecule has 0 aromatic heterocycles. The number of ether oxygens (including phenoxy) is 2. The highest BCUT2D eigenvalue weighted by Crippen LogP contribution is 2.46. The van der Waals surface area contributed by atoms with Crippen LogP contribution in [0.25, 0.3) is 0 Å². The van der Waals surface area contributed by atoms with Crippen LogP contribution in [0.15, 0.2) is 0 Å². The van der Waals surface area contributed by atoms with Gasteiger partial charge in [0.1, 0.15) is 0 Å². The molecule has 2 aliphatic carbocycles. The van der Waals surface area contributed by atoms with Crippen molar-refractivity contribution in [1.29, 1.82) is 0 Å². The Kier molecular flexibility index (Phi) is 7.40. The molecular weight excluding hydrogens is 440 g/mol. The molecule has 2 saturated carbocycles. The van der Waals surface area contributed by atoms with E-state index in [1.165, 1.54) is 0 Å². The summed E-state index contributed by atoms with van der Waals surface area (Å²) in [7, 11) is -6.56. The highest BCUT2D eigenvalue weighted by molar-refractivity contribution is 7.88. The van der Waals surface area contributed by atoms with Gasteiger partial charge in [-0.05, 0) is 43.9 Å². The first kappa shape index (κ1) is 24.8. The molecule has 0 aliphatic heterocycles. The van der Waals surface area contributed by atoms with Crippen LogP contribution >= 0.6 is 0 Å². The molecule has 3 atom stereocenters. The quantitative estimate of drug-likeness (QED) is 0.243. The molecular formula is C17H24F4O8S. The molecule has 0 aromatic carbocycles. The molecule has 0 saturated heterocycles. The number of carbonyl (C=O) groups excluding carboxylic acids is 2. The summed E-state index contributed by atoms with van der Waals surface area (Å²) in [4.78, 5) is 22.7. The Bertz CT molecular complexity index is 741. The third-order valence-corrected chi connectivity index (χ3v) is 6.69. The summed E-state index contributed by atoms with van der Waals surface area (Å²) in [5.41, 5.74) is -0.872. The van der Waals surface area contributed by atoms with E-state index in [2.05, 4.69) is 9.47 Å². The number of fused-ring (bicyclic) bond motifs is 2. The summed E-state index contributed by atoms with van der Waals surface area (Å²) >= 11 is 0. The van der Waals surface area contributed by atoms with Gasteiger partial charge in [-0.15, -0.1) is 0 Å².